The van der Waals surface area contributed by atoms with Crippen molar-refractivity contribution >= 4 is 43.8 Å². The summed E-state index contributed by atoms with van der Waals surface area (Å²) in [7, 11) is 0. The van der Waals surface area contributed by atoms with Crippen molar-refractivity contribution in [3.63, 3.8) is 0 Å². The fraction of sp³-hybridized carbons (Fsp3) is 0.273. The van der Waals surface area contributed by atoms with Gasteiger partial charge in [0.15, 0.2) is 0 Å². The molecule has 6 heteroatoms. The molecule has 4 aromatic rings. The molecule has 0 bridgehead atoms. The number of nitrogen functional groups attached to an aromatic ring is 1. The molecule has 5 nitrogen and oxygen atoms in total. The molecule has 2 N–H and O–H groups in total. The van der Waals surface area contributed by atoms with Gasteiger partial charge in [-0.1, -0.05) is 0 Å². The minimum Gasteiger partial charge on any atom is -0.399 e. The average Bonchev–Trinajstić information content (AvgIpc) is 3.22. The number of piperazine rings is 1. The Morgan fingerprint density at radius 1 is 0.929 bits per heavy atom. The predicted octanol–water partition coefficient (Wildman–Crippen LogP) is 3.79. The Morgan fingerprint density at radius 2 is 1.79 bits per heavy atom. The lowest BCUT2D eigenvalue weighted by molar-refractivity contribution is 0.261. The van der Waals surface area contributed by atoms with Crippen LogP contribution in [0, 0.1) is 0 Å². The van der Waals surface area contributed by atoms with Gasteiger partial charge in [0.2, 0.25) is 0 Å². The fourth-order valence-corrected chi connectivity index (χ4v) is 4.81. The summed E-state index contributed by atoms with van der Waals surface area (Å²) in [5.74, 6) is 1.13. The lowest BCUT2D eigenvalue weighted by Crippen LogP contribution is -2.47. The quantitative estimate of drug-likeness (QED) is 0.538. The van der Waals surface area contributed by atoms with E-state index in [1.54, 1.807) is 11.3 Å². The van der Waals surface area contributed by atoms with Crippen molar-refractivity contribution in [1.29, 1.82) is 0 Å². The zero-order valence-electron chi connectivity index (χ0n) is 15.7. The van der Waals surface area contributed by atoms with Gasteiger partial charge in [-0.15, -0.1) is 11.3 Å². The maximum atomic E-state index is 5.99. The number of nitrogens with zero attached hydrogens (tertiary/aromatic N) is 4. The van der Waals surface area contributed by atoms with Crippen molar-refractivity contribution in [3.05, 3.63) is 59.7 Å². The molecule has 1 fully saturated rings. The van der Waals surface area contributed by atoms with E-state index in [1.807, 2.05) is 30.6 Å². The molecule has 4 heterocycles. The minimum absolute atomic E-state index is 0.797. The zero-order chi connectivity index (χ0) is 18.9. The van der Waals surface area contributed by atoms with Crippen LogP contribution in [0.3, 0.4) is 0 Å². The number of anilines is 2. The summed E-state index contributed by atoms with van der Waals surface area (Å²) in [6.45, 7) is 5.22. The van der Waals surface area contributed by atoms with Gasteiger partial charge in [0.05, 0.1) is 5.52 Å². The first kappa shape index (κ1) is 17.4. The van der Waals surface area contributed by atoms with E-state index in [0.29, 0.717) is 0 Å². The molecule has 0 unspecified atom stereocenters. The van der Waals surface area contributed by atoms with Gasteiger partial charge in [0.1, 0.15) is 5.82 Å². The monoisotopic (exact) mass is 389 g/mol. The molecule has 0 atom stereocenters. The van der Waals surface area contributed by atoms with E-state index in [2.05, 4.69) is 43.3 Å². The Hall–Kier alpha value is -2.70. The number of aromatic nitrogens is 2. The molecule has 1 aliphatic heterocycles. The van der Waals surface area contributed by atoms with Crippen molar-refractivity contribution in [2.24, 2.45) is 0 Å². The molecule has 142 valence electrons. The fourth-order valence-electron chi connectivity index (χ4n) is 4.03. The number of fused-ring (bicyclic) bond motifs is 2. The first-order valence-corrected chi connectivity index (χ1v) is 10.6. The lowest BCUT2D eigenvalue weighted by Gasteiger charge is -2.35. The first-order valence-electron chi connectivity index (χ1n) is 9.70. The second kappa shape index (κ2) is 7.37. The van der Waals surface area contributed by atoms with Gasteiger partial charge in [0.25, 0.3) is 0 Å². The van der Waals surface area contributed by atoms with Gasteiger partial charge in [0, 0.05) is 66.3 Å². The first-order chi connectivity index (χ1) is 13.8. The van der Waals surface area contributed by atoms with E-state index in [0.717, 1.165) is 56.2 Å². The Labute approximate surface area is 168 Å². The van der Waals surface area contributed by atoms with Crippen LogP contribution < -0.4 is 10.6 Å². The third-order valence-corrected chi connectivity index (χ3v) is 6.47. The van der Waals surface area contributed by atoms with Gasteiger partial charge in [-0.2, -0.15) is 0 Å². The predicted molar refractivity (Wildman–Crippen MR) is 118 cm³/mol. The molecule has 1 aliphatic rings. The van der Waals surface area contributed by atoms with Crippen molar-refractivity contribution in [2.45, 2.75) is 6.42 Å². The molecule has 28 heavy (non-hydrogen) atoms. The highest BCUT2D eigenvalue weighted by atomic mass is 32.1. The lowest BCUT2D eigenvalue weighted by atomic mass is 10.1. The van der Waals surface area contributed by atoms with Gasteiger partial charge >= 0.3 is 0 Å². The molecule has 1 aromatic carbocycles. The van der Waals surface area contributed by atoms with E-state index in [4.69, 9.17) is 5.73 Å². The van der Waals surface area contributed by atoms with Gasteiger partial charge < -0.3 is 10.6 Å². The molecule has 5 rings (SSSR count). The van der Waals surface area contributed by atoms with Gasteiger partial charge in [-0.05, 0) is 53.8 Å². The molecule has 0 spiro atoms. The van der Waals surface area contributed by atoms with E-state index in [9.17, 15) is 0 Å². The molecule has 1 saturated heterocycles. The van der Waals surface area contributed by atoms with Crippen LogP contribution in [-0.4, -0.2) is 47.6 Å². The third kappa shape index (κ3) is 3.30. The number of hydrogen-bond donors (Lipinski definition) is 1. The molecule has 3 aromatic heterocycles. The molecule has 0 amide bonds. The van der Waals surface area contributed by atoms with E-state index >= 15 is 0 Å². The van der Waals surface area contributed by atoms with Gasteiger partial charge in [-0.3, -0.25) is 9.88 Å². The van der Waals surface area contributed by atoms with E-state index < -0.39 is 0 Å². The number of rotatable bonds is 4. The molecule has 0 aliphatic carbocycles. The second-order valence-corrected chi connectivity index (χ2v) is 8.24. The Kier molecular flexibility index (Phi) is 4.58. The highest BCUT2D eigenvalue weighted by molar-refractivity contribution is 7.17. The molecular weight excluding hydrogens is 366 g/mol. The summed E-state index contributed by atoms with van der Waals surface area (Å²) in [6.07, 6.45) is 4.85. The summed E-state index contributed by atoms with van der Waals surface area (Å²) in [4.78, 5) is 14.1. The summed E-state index contributed by atoms with van der Waals surface area (Å²) < 4.78 is 1.32. The zero-order valence-corrected chi connectivity index (χ0v) is 16.5. The van der Waals surface area contributed by atoms with Crippen LogP contribution in [-0.2, 0) is 6.42 Å². The average molecular weight is 390 g/mol. The van der Waals surface area contributed by atoms with E-state index in [1.165, 1.54) is 21.0 Å². The minimum atomic E-state index is 0.797. The summed E-state index contributed by atoms with van der Waals surface area (Å²) >= 11 is 1.78. The van der Waals surface area contributed by atoms with Crippen LogP contribution in [0.25, 0.3) is 21.0 Å². The summed E-state index contributed by atoms with van der Waals surface area (Å²) in [5.41, 5.74) is 9.13. The van der Waals surface area contributed by atoms with Crippen LogP contribution in [0.5, 0.6) is 0 Å². The Morgan fingerprint density at radius 3 is 2.68 bits per heavy atom. The highest BCUT2D eigenvalue weighted by Crippen LogP contribution is 2.29. The van der Waals surface area contributed by atoms with Crippen molar-refractivity contribution in [1.82, 2.24) is 14.9 Å². The topological polar surface area (TPSA) is 58.3 Å². The standard InChI is InChI=1S/C22H23N5S/c23-17-1-2-20-19(15-17)16(3-7-24-20)5-9-26-10-12-27(13-11-26)22-18-6-14-28-21(18)4-8-25-22/h1-4,6-8,14-15H,5,9-13,23H2. The van der Waals surface area contributed by atoms with Gasteiger partial charge in [-0.25, -0.2) is 4.98 Å². The summed E-state index contributed by atoms with van der Waals surface area (Å²) in [5, 5.41) is 4.61. The third-order valence-electron chi connectivity index (χ3n) is 5.58. The number of benzene rings is 1. The largest absolute Gasteiger partial charge is 0.399 e. The molecule has 0 saturated carbocycles. The van der Waals surface area contributed by atoms with E-state index in [-0.39, 0.29) is 0 Å². The summed E-state index contributed by atoms with van der Waals surface area (Å²) in [6, 6.07) is 12.4. The van der Waals surface area contributed by atoms with Crippen LogP contribution in [0.15, 0.2) is 54.2 Å². The smallest absolute Gasteiger partial charge is 0.137 e. The van der Waals surface area contributed by atoms with Crippen LogP contribution in [0.4, 0.5) is 11.5 Å². The Balaban J connectivity index is 1.25. The maximum absolute atomic E-state index is 5.99. The van der Waals surface area contributed by atoms with Crippen LogP contribution in [0.1, 0.15) is 5.56 Å². The maximum Gasteiger partial charge on any atom is 0.137 e. The van der Waals surface area contributed by atoms with Crippen molar-refractivity contribution in [2.75, 3.05) is 43.4 Å². The SMILES string of the molecule is Nc1ccc2nccc(CCN3CCN(c4nccc5sccc45)CC3)c2c1. The van der Waals surface area contributed by atoms with Crippen molar-refractivity contribution < 1.29 is 0 Å². The number of pyridine rings is 2. The van der Waals surface area contributed by atoms with Crippen molar-refractivity contribution in [3.8, 4) is 0 Å². The number of nitrogens with two attached hydrogens (primary N) is 1. The normalized spacial score (nSPS) is 15.5. The Bertz CT molecular complexity index is 1110. The number of hydrogen-bond acceptors (Lipinski definition) is 6. The molecular formula is C22H23N5S. The molecule has 0 radical (unpaired) electrons. The highest BCUT2D eigenvalue weighted by Gasteiger charge is 2.20. The van der Waals surface area contributed by atoms with Crippen LogP contribution in [0.2, 0.25) is 0 Å². The van der Waals surface area contributed by atoms with Crippen LogP contribution >= 0.6 is 11.3 Å². The second-order valence-electron chi connectivity index (χ2n) is 7.29. The number of thiophene rings is 1.